The van der Waals surface area contributed by atoms with Crippen molar-refractivity contribution in [3.63, 3.8) is 0 Å². The fourth-order valence-corrected chi connectivity index (χ4v) is 2.69. The zero-order valence-corrected chi connectivity index (χ0v) is 14.0. The zero-order valence-electron chi connectivity index (χ0n) is 14.0. The van der Waals surface area contributed by atoms with Gasteiger partial charge >= 0.3 is 0 Å². The second-order valence-electron chi connectivity index (χ2n) is 6.64. The summed E-state index contributed by atoms with van der Waals surface area (Å²) in [7, 11) is 0. The summed E-state index contributed by atoms with van der Waals surface area (Å²) in [6.07, 6.45) is -0.122. The van der Waals surface area contributed by atoms with Crippen molar-refractivity contribution in [2.24, 2.45) is 5.92 Å². The van der Waals surface area contributed by atoms with Gasteiger partial charge in [0.25, 0.3) is 0 Å². The van der Waals surface area contributed by atoms with Crippen LogP contribution in [0.2, 0.25) is 0 Å². The Morgan fingerprint density at radius 2 is 2.00 bits per heavy atom. The van der Waals surface area contributed by atoms with Crippen LogP contribution in [-0.4, -0.2) is 54.5 Å². The molecule has 4 nitrogen and oxygen atoms in total. The molecule has 0 bridgehead atoms. The van der Waals surface area contributed by atoms with Crippen molar-refractivity contribution in [3.8, 4) is 0 Å². The first-order valence-electron chi connectivity index (χ1n) is 8.35. The van der Waals surface area contributed by atoms with E-state index in [0.29, 0.717) is 6.54 Å². The molecule has 0 aromatic heterocycles. The van der Waals surface area contributed by atoms with Crippen molar-refractivity contribution in [2.75, 3.05) is 26.2 Å². The smallest absolute Gasteiger partial charge is 0.0852 e. The standard InChI is InChI=1S/C18H30N2O2/c1-14(2)17(21)11-19-15(3)18-13-20(9-10-22-18)12-16-7-5-4-6-8-16/h4-8,14-15,17-19,21H,9-13H2,1-3H3. The molecule has 3 atom stereocenters. The second kappa shape index (κ2) is 8.63. The highest BCUT2D eigenvalue weighted by Crippen LogP contribution is 2.13. The molecular weight excluding hydrogens is 276 g/mol. The van der Waals surface area contributed by atoms with Crippen LogP contribution >= 0.6 is 0 Å². The second-order valence-corrected chi connectivity index (χ2v) is 6.64. The Morgan fingerprint density at radius 3 is 2.68 bits per heavy atom. The molecule has 1 aliphatic heterocycles. The number of hydrogen-bond donors (Lipinski definition) is 2. The average Bonchev–Trinajstić information content (AvgIpc) is 2.53. The average molecular weight is 306 g/mol. The maximum atomic E-state index is 9.91. The van der Waals surface area contributed by atoms with Gasteiger partial charge in [-0.15, -0.1) is 0 Å². The molecule has 2 rings (SSSR count). The topological polar surface area (TPSA) is 44.7 Å². The lowest BCUT2D eigenvalue weighted by Gasteiger charge is -2.36. The maximum Gasteiger partial charge on any atom is 0.0852 e. The summed E-state index contributed by atoms with van der Waals surface area (Å²) in [6.45, 7) is 10.5. The molecule has 0 radical (unpaired) electrons. The van der Waals surface area contributed by atoms with E-state index in [1.54, 1.807) is 0 Å². The Hall–Kier alpha value is -0.940. The van der Waals surface area contributed by atoms with E-state index >= 15 is 0 Å². The van der Waals surface area contributed by atoms with E-state index in [4.69, 9.17) is 4.74 Å². The summed E-state index contributed by atoms with van der Waals surface area (Å²) in [5.74, 6) is 0.279. The Bertz CT molecular complexity index is 424. The molecule has 0 saturated carbocycles. The van der Waals surface area contributed by atoms with Crippen molar-refractivity contribution < 1.29 is 9.84 Å². The predicted molar refractivity (Wildman–Crippen MR) is 89.8 cm³/mol. The molecule has 1 saturated heterocycles. The third-order valence-electron chi connectivity index (χ3n) is 4.40. The zero-order chi connectivity index (χ0) is 15.9. The molecule has 1 aromatic carbocycles. The van der Waals surface area contributed by atoms with Gasteiger partial charge in [-0.05, 0) is 18.4 Å². The van der Waals surface area contributed by atoms with E-state index in [1.165, 1.54) is 5.56 Å². The van der Waals surface area contributed by atoms with Crippen LogP contribution in [0.5, 0.6) is 0 Å². The first kappa shape index (κ1) is 17.4. The highest BCUT2D eigenvalue weighted by Gasteiger charge is 2.25. The SMILES string of the molecule is CC(C)C(O)CNC(C)C1CN(Cc2ccccc2)CCO1. The first-order valence-corrected chi connectivity index (χ1v) is 8.35. The molecular formula is C18H30N2O2. The summed E-state index contributed by atoms with van der Waals surface area (Å²) in [4.78, 5) is 2.44. The van der Waals surface area contributed by atoms with E-state index in [9.17, 15) is 5.11 Å². The highest BCUT2D eigenvalue weighted by atomic mass is 16.5. The summed E-state index contributed by atoms with van der Waals surface area (Å²) in [5.41, 5.74) is 1.35. The van der Waals surface area contributed by atoms with E-state index in [1.807, 2.05) is 13.8 Å². The maximum absolute atomic E-state index is 9.91. The van der Waals surface area contributed by atoms with Crippen LogP contribution in [0.1, 0.15) is 26.3 Å². The predicted octanol–water partition coefficient (Wildman–Crippen LogP) is 1.88. The van der Waals surface area contributed by atoms with Gasteiger partial charge in [-0.25, -0.2) is 0 Å². The molecule has 1 heterocycles. The Labute approximate surface area is 134 Å². The van der Waals surface area contributed by atoms with Gasteiger partial charge in [0, 0.05) is 32.2 Å². The number of morpholine rings is 1. The quantitative estimate of drug-likeness (QED) is 0.807. The molecule has 2 N–H and O–H groups in total. The molecule has 1 aliphatic rings. The van der Waals surface area contributed by atoms with E-state index in [0.717, 1.165) is 26.2 Å². The minimum Gasteiger partial charge on any atom is -0.392 e. The van der Waals surface area contributed by atoms with Gasteiger partial charge in [-0.2, -0.15) is 0 Å². The first-order chi connectivity index (χ1) is 10.6. The van der Waals surface area contributed by atoms with Gasteiger partial charge in [0.05, 0.1) is 18.8 Å². The molecule has 3 unspecified atom stereocenters. The Kier molecular flexibility index (Phi) is 6.83. The number of benzene rings is 1. The Morgan fingerprint density at radius 1 is 1.27 bits per heavy atom. The van der Waals surface area contributed by atoms with Gasteiger partial charge in [0.2, 0.25) is 0 Å². The number of nitrogens with zero attached hydrogens (tertiary/aromatic N) is 1. The van der Waals surface area contributed by atoms with Crippen molar-refractivity contribution in [1.29, 1.82) is 0 Å². The Balaban J connectivity index is 1.79. The number of aliphatic hydroxyl groups excluding tert-OH is 1. The van der Waals surface area contributed by atoms with Crippen molar-refractivity contribution >= 4 is 0 Å². The molecule has 0 spiro atoms. The third-order valence-corrected chi connectivity index (χ3v) is 4.40. The van der Waals surface area contributed by atoms with Gasteiger partial charge in [-0.3, -0.25) is 4.90 Å². The summed E-state index contributed by atoms with van der Waals surface area (Å²) in [5, 5.41) is 13.3. The lowest BCUT2D eigenvalue weighted by Crippen LogP contribution is -2.52. The number of aliphatic hydroxyl groups is 1. The van der Waals surface area contributed by atoms with Crippen LogP contribution in [-0.2, 0) is 11.3 Å². The number of nitrogens with one attached hydrogen (secondary N) is 1. The fraction of sp³-hybridized carbons (Fsp3) is 0.667. The number of hydrogen-bond acceptors (Lipinski definition) is 4. The summed E-state index contributed by atoms with van der Waals surface area (Å²) >= 11 is 0. The van der Waals surface area contributed by atoms with E-state index in [-0.39, 0.29) is 24.2 Å². The monoisotopic (exact) mass is 306 g/mol. The summed E-state index contributed by atoms with van der Waals surface area (Å²) < 4.78 is 5.91. The minimum atomic E-state index is -0.300. The van der Waals surface area contributed by atoms with Gasteiger partial charge in [-0.1, -0.05) is 44.2 Å². The van der Waals surface area contributed by atoms with Gasteiger partial charge in [0.15, 0.2) is 0 Å². The summed E-state index contributed by atoms with van der Waals surface area (Å²) in [6, 6.07) is 10.8. The largest absolute Gasteiger partial charge is 0.392 e. The van der Waals surface area contributed by atoms with Crippen molar-refractivity contribution in [1.82, 2.24) is 10.2 Å². The third kappa shape index (κ3) is 5.36. The van der Waals surface area contributed by atoms with Crippen LogP contribution in [0.3, 0.4) is 0 Å². The fourth-order valence-electron chi connectivity index (χ4n) is 2.69. The van der Waals surface area contributed by atoms with Crippen LogP contribution in [0, 0.1) is 5.92 Å². The molecule has 0 amide bonds. The molecule has 22 heavy (non-hydrogen) atoms. The number of rotatable bonds is 7. The molecule has 124 valence electrons. The lowest BCUT2D eigenvalue weighted by atomic mass is 10.1. The molecule has 4 heteroatoms. The van der Waals surface area contributed by atoms with E-state index in [2.05, 4.69) is 47.5 Å². The van der Waals surface area contributed by atoms with Gasteiger partial charge in [0.1, 0.15) is 0 Å². The van der Waals surface area contributed by atoms with Crippen LogP contribution in [0.25, 0.3) is 0 Å². The molecule has 1 fully saturated rings. The number of ether oxygens (including phenoxy) is 1. The minimum absolute atomic E-state index is 0.178. The normalized spacial score (nSPS) is 22.7. The van der Waals surface area contributed by atoms with Crippen LogP contribution in [0.15, 0.2) is 30.3 Å². The van der Waals surface area contributed by atoms with Crippen LogP contribution in [0.4, 0.5) is 0 Å². The van der Waals surface area contributed by atoms with Crippen molar-refractivity contribution in [3.05, 3.63) is 35.9 Å². The highest BCUT2D eigenvalue weighted by molar-refractivity contribution is 5.14. The van der Waals surface area contributed by atoms with E-state index < -0.39 is 0 Å². The van der Waals surface area contributed by atoms with Gasteiger partial charge < -0.3 is 15.2 Å². The molecule has 0 aliphatic carbocycles. The molecule has 1 aromatic rings. The van der Waals surface area contributed by atoms with Crippen molar-refractivity contribution in [2.45, 2.75) is 45.6 Å². The van der Waals surface area contributed by atoms with Crippen LogP contribution < -0.4 is 5.32 Å². The lowest BCUT2D eigenvalue weighted by molar-refractivity contribution is -0.0478.